The van der Waals surface area contributed by atoms with E-state index in [0.29, 0.717) is 40.4 Å². The molecule has 2 aromatic rings. The fourth-order valence-electron chi connectivity index (χ4n) is 3.91. The number of likely N-dealkylation sites (N-methyl/N-ethyl adjacent to an activating group) is 1. The van der Waals surface area contributed by atoms with Crippen LogP contribution in [0, 0.1) is 0 Å². The number of carbonyl (C=O) groups is 4. The summed E-state index contributed by atoms with van der Waals surface area (Å²) in [6, 6.07) is 14.9. The molecule has 0 bridgehead atoms. The van der Waals surface area contributed by atoms with Gasteiger partial charge in [-0.2, -0.15) is 0 Å². The first-order valence-corrected chi connectivity index (χ1v) is 12.9. The van der Waals surface area contributed by atoms with Gasteiger partial charge in [-0.05, 0) is 17.9 Å². The summed E-state index contributed by atoms with van der Waals surface area (Å²) < 4.78 is 0. The van der Waals surface area contributed by atoms with E-state index < -0.39 is 0 Å². The highest BCUT2D eigenvalue weighted by atomic mass is 32.2. The van der Waals surface area contributed by atoms with Crippen molar-refractivity contribution in [2.45, 2.75) is 19.4 Å². The molecule has 0 saturated carbocycles. The smallest absolute Gasteiger partial charge is 0.247 e. The first-order chi connectivity index (χ1) is 17.8. The number of nitrogens with zero attached hydrogens (tertiary/aromatic N) is 2. The molecule has 1 aliphatic heterocycles. The van der Waals surface area contributed by atoms with Gasteiger partial charge >= 0.3 is 0 Å². The van der Waals surface area contributed by atoms with Crippen LogP contribution in [0.3, 0.4) is 0 Å². The molecule has 0 spiro atoms. The molecule has 1 aliphatic rings. The summed E-state index contributed by atoms with van der Waals surface area (Å²) in [6.45, 7) is 0.636. The number of amides is 3. The molecule has 5 N–H and O–H groups in total. The number of thioether (sulfide) groups is 1. The van der Waals surface area contributed by atoms with Crippen molar-refractivity contribution in [3.8, 4) is 0 Å². The van der Waals surface area contributed by atoms with E-state index in [1.165, 1.54) is 22.7 Å². The van der Waals surface area contributed by atoms with Gasteiger partial charge in [0.1, 0.15) is 0 Å². The molecule has 1 heterocycles. The summed E-state index contributed by atoms with van der Waals surface area (Å²) in [6.07, 6.45) is 3.70. The summed E-state index contributed by atoms with van der Waals surface area (Å²) in [5, 5.41) is 2.74. The third-order valence-electron chi connectivity index (χ3n) is 6.04. The number of hydrogen-bond donors (Lipinski definition) is 3. The van der Waals surface area contributed by atoms with Crippen LogP contribution in [0.4, 0.5) is 5.69 Å². The maximum atomic E-state index is 13.3. The number of anilines is 1. The maximum Gasteiger partial charge on any atom is 0.247 e. The Morgan fingerprint density at radius 3 is 2.38 bits per heavy atom. The van der Waals surface area contributed by atoms with E-state index in [1.54, 1.807) is 18.2 Å². The highest BCUT2D eigenvalue weighted by Crippen LogP contribution is 2.33. The minimum atomic E-state index is -0.357. The largest absolute Gasteiger partial charge is 0.397 e. The summed E-state index contributed by atoms with van der Waals surface area (Å²) in [5.41, 5.74) is 16.6. The normalized spacial score (nSPS) is 15.1. The van der Waals surface area contributed by atoms with Crippen LogP contribution in [0.25, 0.3) is 11.4 Å². The molecule has 0 atom stereocenters. The molecule has 0 saturated heterocycles. The number of benzene rings is 2. The number of nitrogens with two attached hydrogens (primary N) is 2. The molecule has 0 fully saturated rings. The van der Waals surface area contributed by atoms with Gasteiger partial charge in [0, 0.05) is 50.2 Å². The second-order valence-corrected chi connectivity index (χ2v) is 9.34. The third kappa shape index (κ3) is 6.79. The van der Waals surface area contributed by atoms with Crippen LogP contribution in [0.2, 0.25) is 0 Å². The molecule has 2 aromatic carbocycles. The predicted octanol–water partition coefficient (Wildman–Crippen LogP) is 2.08. The Labute approximate surface area is 220 Å². The Kier molecular flexibility index (Phi) is 9.51. The van der Waals surface area contributed by atoms with E-state index in [4.69, 9.17) is 11.5 Å². The van der Waals surface area contributed by atoms with E-state index in [9.17, 15) is 19.2 Å². The average Bonchev–Trinajstić information content (AvgIpc) is 2.91. The number of para-hydroxylation sites is 1. The van der Waals surface area contributed by atoms with Crippen molar-refractivity contribution in [3.63, 3.8) is 0 Å². The van der Waals surface area contributed by atoms with Gasteiger partial charge < -0.3 is 26.6 Å². The van der Waals surface area contributed by atoms with E-state index in [0.717, 1.165) is 11.1 Å². The number of aldehydes is 1. The summed E-state index contributed by atoms with van der Waals surface area (Å²) >= 11 is 1.17. The molecular weight excluding hydrogens is 490 g/mol. The third-order valence-corrected chi connectivity index (χ3v) is 6.73. The zero-order valence-electron chi connectivity index (χ0n) is 20.9. The first-order valence-electron chi connectivity index (χ1n) is 11.7. The molecule has 0 unspecified atom stereocenters. The van der Waals surface area contributed by atoms with Crippen molar-refractivity contribution in [3.05, 3.63) is 76.2 Å². The second-order valence-electron chi connectivity index (χ2n) is 8.46. The lowest BCUT2D eigenvalue weighted by molar-refractivity contribution is -0.126. The SMILES string of the molecule is CS/C(C=O)=C/C(=O)N(C)CCC(=O)NCCC(=O)N1Cc2ccccc2/C(N)=C(/N)c2ccccc21. The summed E-state index contributed by atoms with van der Waals surface area (Å²) in [4.78, 5) is 52.0. The molecule has 37 heavy (non-hydrogen) atoms. The molecule has 3 amide bonds. The monoisotopic (exact) mass is 521 g/mol. The average molecular weight is 522 g/mol. The van der Waals surface area contributed by atoms with Gasteiger partial charge in [-0.3, -0.25) is 19.2 Å². The van der Waals surface area contributed by atoms with Crippen LogP contribution in [0.5, 0.6) is 0 Å². The van der Waals surface area contributed by atoms with Gasteiger partial charge in [0.2, 0.25) is 17.7 Å². The van der Waals surface area contributed by atoms with Crippen LogP contribution in [0.15, 0.2) is 59.5 Å². The number of nitrogens with one attached hydrogen (secondary N) is 1. The van der Waals surface area contributed by atoms with Crippen molar-refractivity contribution in [2.75, 3.05) is 31.3 Å². The van der Waals surface area contributed by atoms with E-state index in [2.05, 4.69) is 5.32 Å². The van der Waals surface area contributed by atoms with Crippen LogP contribution in [0.1, 0.15) is 29.5 Å². The lowest BCUT2D eigenvalue weighted by Crippen LogP contribution is -2.37. The minimum absolute atomic E-state index is 0.0699. The highest BCUT2D eigenvalue weighted by Gasteiger charge is 2.25. The molecule has 0 aliphatic carbocycles. The number of hydrogen-bond acceptors (Lipinski definition) is 7. The number of carbonyl (C=O) groups excluding carboxylic acids is 4. The lowest BCUT2D eigenvalue weighted by atomic mass is 9.96. The fourth-order valence-corrected chi connectivity index (χ4v) is 4.23. The van der Waals surface area contributed by atoms with Crippen LogP contribution >= 0.6 is 11.8 Å². The number of rotatable bonds is 9. The molecule has 10 heteroatoms. The van der Waals surface area contributed by atoms with Crippen molar-refractivity contribution in [1.82, 2.24) is 10.2 Å². The highest BCUT2D eigenvalue weighted by molar-refractivity contribution is 8.03. The zero-order chi connectivity index (χ0) is 26.9. The van der Waals surface area contributed by atoms with Gasteiger partial charge in [0.25, 0.3) is 0 Å². The quantitative estimate of drug-likeness (QED) is 0.339. The lowest BCUT2D eigenvalue weighted by Gasteiger charge is -2.29. The Bertz CT molecular complexity index is 1260. The molecule has 0 radical (unpaired) electrons. The van der Waals surface area contributed by atoms with Crippen molar-refractivity contribution in [1.29, 1.82) is 0 Å². The maximum absolute atomic E-state index is 13.3. The van der Waals surface area contributed by atoms with Crippen LogP contribution < -0.4 is 21.7 Å². The van der Waals surface area contributed by atoms with E-state index >= 15 is 0 Å². The number of fused-ring (bicyclic) bond motifs is 2. The Balaban J connectivity index is 1.63. The van der Waals surface area contributed by atoms with Gasteiger partial charge in [-0.15, -0.1) is 11.8 Å². The summed E-state index contributed by atoms with van der Waals surface area (Å²) in [5.74, 6) is -0.814. The standard InChI is InChI=1S/C27H31N5O4S/c1-31(25(36)15-19(17-33)37-2)14-12-23(34)30-13-11-24(35)32-16-18-7-3-4-8-20(18)26(28)27(29)21-9-5-6-10-22(21)32/h3-10,15,17H,11-14,16,28-29H2,1-2H3,(H,30,34)/b19-15+,27-26-. The first kappa shape index (κ1) is 27.5. The second kappa shape index (κ2) is 12.8. The van der Waals surface area contributed by atoms with Crippen LogP contribution in [-0.2, 0) is 25.7 Å². The molecule has 9 nitrogen and oxygen atoms in total. The Morgan fingerprint density at radius 2 is 1.68 bits per heavy atom. The van der Waals surface area contributed by atoms with Crippen molar-refractivity contribution < 1.29 is 19.2 Å². The Hall–Kier alpha value is -4.05. The van der Waals surface area contributed by atoms with Gasteiger partial charge in [0.05, 0.1) is 28.5 Å². The van der Waals surface area contributed by atoms with Gasteiger partial charge in [-0.25, -0.2) is 0 Å². The molecular formula is C27H31N5O4S. The molecule has 194 valence electrons. The molecule has 0 aromatic heterocycles. The topological polar surface area (TPSA) is 139 Å². The summed E-state index contributed by atoms with van der Waals surface area (Å²) in [7, 11) is 1.56. The van der Waals surface area contributed by atoms with E-state index in [1.807, 2.05) is 48.5 Å². The molecule has 3 rings (SSSR count). The van der Waals surface area contributed by atoms with Gasteiger partial charge in [-0.1, -0.05) is 42.5 Å². The number of allylic oxidation sites excluding steroid dienone is 1. The minimum Gasteiger partial charge on any atom is -0.397 e. The Morgan fingerprint density at radius 1 is 1.03 bits per heavy atom. The van der Waals surface area contributed by atoms with Crippen molar-refractivity contribution >= 4 is 52.9 Å². The zero-order valence-corrected chi connectivity index (χ0v) is 21.7. The fraction of sp³-hybridized carbons (Fsp3) is 0.259. The van der Waals surface area contributed by atoms with Crippen molar-refractivity contribution in [2.24, 2.45) is 11.5 Å². The van der Waals surface area contributed by atoms with Gasteiger partial charge in [0.15, 0.2) is 6.29 Å². The van der Waals surface area contributed by atoms with E-state index in [-0.39, 0.29) is 43.7 Å². The predicted molar refractivity (Wildman–Crippen MR) is 147 cm³/mol. The van der Waals surface area contributed by atoms with Crippen LogP contribution in [-0.4, -0.2) is 55.3 Å².